The number of pyridine rings is 1. The van der Waals surface area contributed by atoms with Gasteiger partial charge in [-0.05, 0) is 56.0 Å². The van der Waals surface area contributed by atoms with Gasteiger partial charge in [-0.3, -0.25) is 4.98 Å². The Balaban J connectivity index is 2.09. The van der Waals surface area contributed by atoms with Gasteiger partial charge in [0, 0.05) is 17.8 Å². The maximum atomic E-state index is 14.9. The quantitative estimate of drug-likeness (QED) is 0.550. The standard InChI is InChI=1S/C20H16F7N3O4S2/c21-16-3-1-12(10-28)9-15(16)18(7-5-13(6-8-18)30-36(33,34)20(25,26)27)35(31,32)14-2-4-17(29-11-14)19(22,23)24/h1-4,9,11,13,30H,5-8H2/t13-,18+. The molecule has 1 aromatic carbocycles. The van der Waals surface area contributed by atoms with Crippen molar-refractivity contribution in [3.8, 4) is 6.07 Å². The van der Waals surface area contributed by atoms with E-state index in [2.05, 4.69) is 4.98 Å². The van der Waals surface area contributed by atoms with Gasteiger partial charge in [-0.1, -0.05) is 0 Å². The average molecular weight is 559 g/mol. The molecule has 0 radical (unpaired) electrons. The van der Waals surface area contributed by atoms with Crippen LogP contribution >= 0.6 is 0 Å². The monoisotopic (exact) mass is 559 g/mol. The summed E-state index contributed by atoms with van der Waals surface area (Å²) in [4.78, 5) is 2.40. The minimum atomic E-state index is -5.76. The van der Waals surface area contributed by atoms with Crippen molar-refractivity contribution in [1.82, 2.24) is 9.71 Å². The number of hydrogen-bond donors (Lipinski definition) is 1. The van der Waals surface area contributed by atoms with E-state index >= 15 is 0 Å². The molecule has 1 fully saturated rings. The molecule has 0 unspecified atom stereocenters. The second-order valence-electron chi connectivity index (χ2n) is 8.02. The van der Waals surface area contributed by atoms with Crippen LogP contribution in [-0.4, -0.2) is 33.4 Å². The fourth-order valence-electron chi connectivity index (χ4n) is 4.05. The van der Waals surface area contributed by atoms with Crippen LogP contribution in [0.3, 0.4) is 0 Å². The third-order valence-corrected chi connectivity index (χ3v) is 9.63. The number of nitrogens with zero attached hydrogens (tertiary/aromatic N) is 2. The zero-order chi connectivity index (χ0) is 27.2. The van der Waals surface area contributed by atoms with Crippen LogP contribution in [0.25, 0.3) is 0 Å². The molecular formula is C20H16F7N3O4S2. The van der Waals surface area contributed by atoms with Gasteiger partial charge < -0.3 is 0 Å². The van der Waals surface area contributed by atoms with Crippen molar-refractivity contribution in [3.63, 3.8) is 0 Å². The van der Waals surface area contributed by atoms with Gasteiger partial charge in [0.05, 0.1) is 16.5 Å². The maximum Gasteiger partial charge on any atom is 0.511 e. The predicted octanol–water partition coefficient (Wildman–Crippen LogP) is 4.16. The molecule has 0 bridgehead atoms. The molecule has 1 saturated carbocycles. The van der Waals surface area contributed by atoms with Crippen molar-refractivity contribution in [3.05, 3.63) is 59.2 Å². The summed E-state index contributed by atoms with van der Waals surface area (Å²) >= 11 is 0. The van der Waals surface area contributed by atoms with Crippen molar-refractivity contribution in [2.45, 2.75) is 53.1 Å². The summed E-state index contributed by atoms with van der Waals surface area (Å²) in [5.74, 6) is -1.08. The zero-order valence-electron chi connectivity index (χ0n) is 17.9. The van der Waals surface area contributed by atoms with Crippen molar-refractivity contribution in [2.75, 3.05) is 0 Å². The Morgan fingerprint density at radius 2 is 1.61 bits per heavy atom. The van der Waals surface area contributed by atoms with Crippen LogP contribution in [0.15, 0.2) is 41.4 Å². The number of sulfone groups is 1. The van der Waals surface area contributed by atoms with Gasteiger partial charge in [0.2, 0.25) is 0 Å². The first-order valence-corrected chi connectivity index (χ1v) is 13.0. The van der Waals surface area contributed by atoms with Gasteiger partial charge in [0.15, 0.2) is 9.84 Å². The molecule has 16 heteroatoms. The number of sulfonamides is 1. The Morgan fingerprint density at radius 3 is 2.08 bits per heavy atom. The Bertz CT molecular complexity index is 1390. The van der Waals surface area contributed by atoms with Crippen LogP contribution in [0.4, 0.5) is 30.7 Å². The molecule has 1 aliphatic carbocycles. The summed E-state index contributed by atoms with van der Waals surface area (Å²) in [7, 11) is -10.5. The number of nitriles is 1. The van der Waals surface area contributed by atoms with Gasteiger partial charge >= 0.3 is 21.7 Å². The first kappa shape index (κ1) is 27.8. The van der Waals surface area contributed by atoms with Crippen LogP contribution < -0.4 is 4.72 Å². The second-order valence-corrected chi connectivity index (χ2v) is 12.0. The largest absolute Gasteiger partial charge is 0.511 e. The number of hydrogen-bond acceptors (Lipinski definition) is 6. The van der Waals surface area contributed by atoms with Gasteiger partial charge in [0.1, 0.15) is 16.3 Å². The molecule has 7 nitrogen and oxygen atoms in total. The summed E-state index contributed by atoms with van der Waals surface area (Å²) in [6.45, 7) is 0. The molecule has 196 valence electrons. The Labute approximate surface area is 200 Å². The summed E-state index contributed by atoms with van der Waals surface area (Å²) < 4.78 is 141. The smallest absolute Gasteiger partial charge is 0.250 e. The molecule has 0 spiro atoms. The fourth-order valence-corrected chi connectivity index (χ4v) is 6.96. The Hall–Kier alpha value is -2.77. The topological polar surface area (TPSA) is 117 Å². The molecule has 0 aliphatic heterocycles. The first-order chi connectivity index (χ1) is 16.4. The van der Waals surface area contributed by atoms with Gasteiger partial charge in [-0.25, -0.2) is 25.9 Å². The zero-order valence-corrected chi connectivity index (χ0v) is 19.5. The summed E-state index contributed by atoms with van der Waals surface area (Å²) in [6, 6.07) is 4.19. The van der Waals surface area contributed by atoms with E-state index in [-0.39, 0.29) is 5.56 Å². The van der Waals surface area contributed by atoms with Crippen molar-refractivity contribution < 1.29 is 47.6 Å². The van der Waals surface area contributed by atoms with E-state index in [0.717, 1.165) is 18.2 Å². The van der Waals surface area contributed by atoms with Crippen LogP contribution in [-0.2, 0) is 30.8 Å². The lowest BCUT2D eigenvalue weighted by Crippen LogP contribution is -2.48. The molecule has 36 heavy (non-hydrogen) atoms. The molecule has 0 amide bonds. The Morgan fingerprint density at radius 1 is 1.00 bits per heavy atom. The van der Waals surface area contributed by atoms with Gasteiger partial charge in [0.25, 0.3) is 0 Å². The lowest BCUT2D eigenvalue weighted by Gasteiger charge is -2.40. The van der Waals surface area contributed by atoms with Gasteiger partial charge in [-0.2, -0.15) is 31.6 Å². The highest BCUT2D eigenvalue weighted by atomic mass is 32.2. The first-order valence-electron chi connectivity index (χ1n) is 10.0. The van der Waals surface area contributed by atoms with E-state index in [0.29, 0.717) is 18.3 Å². The number of aromatic nitrogens is 1. The van der Waals surface area contributed by atoms with Crippen LogP contribution in [0.2, 0.25) is 0 Å². The SMILES string of the molecule is N#Cc1ccc(F)c([C@]2(S(=O)(=O)c3ccc(C(F)(F)F)nc3)CC[C@@H](NS(=O)(=O)C(F)(F)F)CC2)c1. The molecule has 1 aliphatic rings. The predicted molar refractivity (Wildman–Crippen MR) is 110 cm³/mol. The molecule has 0 atom stereocenters. The van der Waals surface area contributed by atoms with Crippen molar-refractivity contribution >= 4 is 19.9 Å². The summed E-state index contributed by atoms with van der Waals surface area (Å²) in [5, 5.41) is 9.19. The second kappa shape index (κ2) is 9.27. The highest BCUT2D eigenvalue weighted by Crippen LogP contribution is 2.48. The molecular weight excluding hydrogens is 543 g/mol. The number of alkyl halides is 6. The highest BCUT2D eigenvalue weighted by molar-refractivity contribution is 7.92. The Kier molecular flexibility index (Phi) is 7.16. The lowest BCUT2D eigenvalue weighted by molar-refractivity contribution is -0.141. The van der Waals surface area contributed by atoms with Crippen LogP contribution in [0.1, 0.15) is 42.5 Å². The van der Waals surface area contributed by atoms with Crippen LogP contribution in [0.5, 0.6) is 0 Å². The molecule has 1 N–H and O–H groups in total. The summed E-state index contributed by atoms with van der Waals surface area (Å²) in [6.07, 6.45) is -6.62. The van der Waals surface area contributed by atoms with Crippen LogP contribution in [0, 0.1) is 17.1 Å². The van der Waals surface area contributed by atoms with Crippen molar-refractivity contribution in [1.29, 1.82) is 5.26 Å². The molecule has 1 heterocycles. The highest BCUT2D eigenvalue weighted by Gasteiger charge is 2.52. The molecule has 1 aromatic heterocycles. The normalized spacial score (nSPS) is 21.7. The molecule has 2 aromatic rings. The lowest BCUT2D eigenvalue weighted by atomic mass is 9.80. The maximum absolute atomic E-state index is 14.9. The minimum absolute atomic E-state index is 0.147. The number of nitrogens with one attached hydrogen (secondary N) is 1. The molecule has 3 rings (SSSR count). The fraction of sp³-hybridized carbons (Fsp3) is 0.400. The number of halogens is 7. The number of rotatable bonds is 5. The van der Waals surface area contributed by atoms with E-state index in [1.807, 2.05) is 0 Å². The average Bonchev–Trinajstić information content (AvgIpc) is 2.78. The van der Waals surface area contributed by atoms with E-state index < -0.39 is 90.0 Å². The minimum Gasteiger partial charge on any atom is -0.250 e. The number of benzene rings is 1. The van der Waals surface area contributed by atoms with E-state index in [1.54, 1.807) is 6.07 Å². The third kappa shape index (κ3) is 5.04. The third-order valence-electron chi connectivity index (χ3n) is 5.86. The van der Waals surface area contributed by atoms with E-state index in [1.165, 1.54) is 4.72 Å². The molecule has 0 saturated heterocycles. The van der Waals surface area contributed by atoms with E-state index in [4.69, 9.17) is 0 Å². The van der Waals surface area contributed by atoms with Gasteiger partial charge in [-0.15, -0.1) is 0 Å². The van der Waals surface area contributed by atoms with E-state index in [9.17, 15) is 52.8 Å². The summed E-state index contributed by atoms with van der Waals surface area (Å²) in [5.41, 5.74) is -7.67. The van der Waals surface area contributed by atoms with Crippen molar-refractivity contribution in [2.24, 2.45) is 0 Å².